The lowest BCUT2D eigenvalue weighted by molar-refractivity contribution is -0.113. The number of furan rings is 1. The van der Waals surface area contributed by atoms with E-state index in [2.05, 4.69) is 0 Å². The molecule has 0 aliphatic carbocycles. The highest BCUT2D eigenvalue weighted by Crippen LogP contribution is 2.11. The number of Topliss-reactive ketones (excluding diaryl/α,β-unsaturated/α-hetero) is 1. The quantitative estimate of drug-likeness (QED) is 0.519. The molecule has 4 heteroatoms. The van der Waals surface area contributed by atoms with Gasteiger partial charge in [0.1, 0.15) is 17.9 Å². The summed E-state index contributed by atoms with van der Waals surface area (Å²) in [5.41, 5.74) is 0.00356. The maximum absolute atomic E-state index is 10.9. The lowest BCUT2D eigenvalue weighted by Crippen LogP contribution is -1.92. The van der Waals surface area contributed by atoms with Gasteiger partial charge in [0, 0.05) is 6.08 Å². The van der Waals surface area contributed by atoms with Crippen LogP contribution in [-0.2, 0) is 4.79 Å². The second kappa shape index (κ2) is 4.06. The molecule has 1 rings (SSSR count). The van der Waals surface area contributed by atoms with Gasteiger partial charge < -0.3 is 4.42 Å². The molecule has 0 aliphatic rings. The van der Waals surface area contributed by atoms with Crippen LogP contribution >= 0.6 is 0 Å². The molecule has 14 heavy (non-hydrogen) atoms. The molecule has 1 heterocycles. The number of nitriles is 2. The molecule has 4 nitrogen and oxygen atoms in total. The highest BCUT2D eigenvalue weighted by molar-refractivity contribution is 6.01. The number of ketones is 1. The first-order valence-electron chi connectivity index (χ1n) is 3.80. The molecule has 0 N–H and O–H groups in total. The fourth-order valence-corrected chi connectivity index (χ4v) is 0.845. The highest BCUT2D eigenvalue weighted by Gasteiger charge is 2.04. The molecular formula is C10H6N2O2. The molecular weight excluding hydrogens is 180 g/mol. The van der Waals surface area contributed by atoms with E-state index >= 15 is 0 Å². The van der Waals surface area contributed by atoms with Crippen molar-refractivity contribution in [2.24, 2.45) is 0 Å². The third-order valence-corrected chi connectivity index (χ3v) is 1.52. The number of carbonyl (C=O) groups excluding carboxylic acids is 1. The maximum atomic E-state index is 10.9. The zero-order valence-electron chi connectivity index (χ0n) is 7.44. The van der Waals surface area contributed by atoms with Crippen LogP contribution in [0.5, 0.6) is 0 Å². The summed E-state index contributed by atoms with van der Waals surface area (Å²) >= 11 is 0. The third-order valence-electron chi connectivity index (χ3n) is 1.52. The Morgan fingerprint density at radius 1 is 1.50 bits per heavy atom. The first-order chi connectivity index (χ1) is 6.67. The van der Waals surface area contributed by atoms with Gasteiger partial charge in [-0.05, 0) is 19.1 Å². The largest absolute Gasteiger partial charge is 0.446 e. The van der Waals surface area contributed by atoms with Gasteiger partial charge in [-0.15, -0.1) is 0 Å². The van der Waals surface area contributed by atoms with Crippen molar-refractivity contribution < 1.29 is 9.21 Å². The van der Waals surface area contributed by atoms with Crippen LogP contribution in [0.2, 0.25) is 0 Å². The Morgan fingerprint density at radius 2 is 2.21 bits per heavy atom. The van der Waals surface area contributed by atoms with Gasteiger partial charge >= 0.3 is 0 Å². The van der Waals surface area contributed by atoms with E-state index < -0.39 is 0 Å². The molecule has 0 saturated carbocycles. The van der Waals surface area contributed by atoms with E-state index in [1.165, 1.54) is 25.1 Å². The van der Waals surface area contributed by atoms with E-state index in [0.29, 0.717) is 5.76 Å². The molecule has 0 radical (unpaired) electrons. The van der Waals surface area contributed by atoms with E-state index in [1.807, 2.05) is 0 Å². The van der Waals surface area contributed by atoms with E-state index in [9.17, 15) is 4.79 Å². The SMILES string of the molecule is CC(=O)/C(C#N)=C/c1ccc(C#N)o1. The molecule has 1 aromatic heterocycles. The Balaban J connectivity index is 3.03. The van der Waals surface area contributed by atoms with E-state index in [-0.39, 0.29) is 17.1 Å². The van der Waals surface area contributed by atoms with Crippen LogP contribution in [0.1, 0.15) is 18.4 Å². The first kappa shape index (κ1) is 9.76. The summed E-state index contributed by atoms with van der Waals surface area (Å²) < 4.78 is 4.97. The Morgan fingerprint density at radius 3 is 2.64 bits per heavy atom. The van der Waals surface area contributed by atoms with Gasteiger partial charge in [-0.1, -0.05) is 0 Å². The van der Waals surface area contributed by atoms with Crippen LogP contribution in [0.4, 0.5) is 0 Å². The summed E-state index contributed by atoms with van der Waals surface area (Å²) in [5.74, 6) is 0.146. The Kier molecular flexibility index (Phi) is 2.83. The third kappa shape index (κ3) is 2.09. The normalized spacial score (nSPS) is 10.4. The van der Waals surface area contributed by atoms with Crippen molar-refractivity contribution in [1.82, 2.24) is 0 Å². The van der Waals surface area contributed by atoms with E-state index in [0.717, 1.165) is 0 Å². The number of hydrogen-bond acceptors (Lipinski definition) is 4. The van der Waals surface area contributed by atoms with Crippen LogP contribution in [0.3, 0.4) is 0 Å². The molecule has 0 amide bonds. The fraction of sp³-hybridized carbons (Fsp3) is 0.100. The monoisotopic (exact) mass is 186 g/mol. The van der Waals surface area contributed by atoms with Gasteiger partial charge in [-0.2, -0.15) is 10.5 Å². The van der Waals surface area contributed by atoms with Crippen molar-refractivity contribution in [3.63, 3.8) is 0 Å². The summed E-state index contributed by atoms with van der Waals surface area (Å²) in [6.07, 6.45) is 1.31. The van der Waals surface area contributed by atoms with Crippen molar-refractivity contribution in [3.8, 4) is 12.1 Å². The standard InChI is InChI=1S/C10H6N2O2/c1-7(13)8(5-11)4-9-2-3-10(6-12)14-9/h2-4H,1H3/b8-4+. The van der Waals surface area contributed by atoms with Crippen molar-refractivity contribution >= 4 is 11.9 Å². The number of carbonyl (C=O) groups is 1. The maximum Gasteiger partial charge on any atom is 0.204 e. The molecule has 1 aromatic rings. The number of rotatable bonds is 2. The minimum atomic E-state index is -0.331. The van der Waals surface area contributed by atoms with Gasteiger partial charge in [-0.25, -0.2) is 0 Å². The average Bonchev–Trinajstić information content (AvgIpc) is 2.61. The lowest BCUT2D eigenvalue weighted by atomic mass is 10.2. The summed E-state index contributed by atoms with van der Waals surface area (Å²) in [6, 6.07) is 6.55. The molecule has 0 saturated heterocycles. The molecule has 0 spiro atoms. The Hall–Kier alpha value is -2.33. The number of allylic oxidation sites excluding steroid dienone is 1. The van der Waals surface area contributed by atoms with Crippen LogP contribution in [0.25, 0.3) is 6.08 Å². The molecule has 0 atom stereocenters. The summed E-state index contributed by atoms with van der Waals surface area (Å²) in [6.45, 7) is 1.29. The number of nitrogens with zero attached hydrogens (tertiary/aromatic N) is 2. The molecule has 68 valence electrons. The van der Waals surface area contributed by atoms with E-state index in [1.54, 1.807) is 12.1 Å². The second-order valence-electron chi connectivity index (χ2n) is 2.54. The van der Waals surface area contributed by atoms with Crippen molar-refractivity contribution in [1.29, 1.82) is 10.5 Å². The van der Waals surface area contributed by atoms with Gasteiger partial charge in [0.15, 0.2) is 5.78 Å². The summed E-state index contributed by atoms with van der Waals surface area (Å²) in [7, 11) is 0. The van der Waals surface area contributed by atoms with Crippen LogP contribution < -0.4 is 0 Å². The zero-order valence-corrected chi connectivity index (χ0v) is 7.44. The minimum Gasteiger partial charge on any atom is -0.446 e. The topological polar surface area (TPSA) is 77.8 Å². The van der Waals surface area contributed by atoms with Gasteiger partial charge in [0.25, 0.3) is 0 Å². The van der Waals surface area contributed by atoms with Crippen molar-refractivity contribution in [2.45, 2.75) is 6.92 Å². The summed E-state index contributed by atoms with van der Waals surface area (Å²) in [5, 5.41) is 17.0. The molecule has 0 aliphatic heterocycles. The molecule has 0 bridgehead atoms. The van der Waals surface area contributed by atoms with Gasteiger partial charge in [0.2, 0.25) is 5.76 Å². The molecule has 0 aromatic carbocycles. The van der Waals surface area contributed by atoms with Crippen LogP contribution in [0, 0.1) is 22.7 Å². The fourth-order valence-electron chi connectivity index (χ4n) is 0.845. The molecule has 0 fully saturated rings. The predicted octanol–water partition coefficient (Wildman–Crippen LogP) is 1.65. The van der Waals surface area contributed by atoms with Gasteiger partial charge in [0.05, 0.1) is 5.57 Å². The van der Waals surface area contributed by atoms with Crippen LogP contribution in [0.15, 0.2) is 22.1 Å². The highest BCUT2D eigenvalue weighted by atomic mass is 16.3. The number of hydrogen-bond donors (Lipinski definition) is 0. The predicted molar refractivity (Wildman–Crippen MR) is 47.7 cm³/mol. The smallest absolute Gasteiger partial charge is 0.204 e. The van der Waals surface area contributed by atoms with Gasteiger partial charge in [-0.3, -0.25) is 4.79 Å². The molecule has 0 unspecified atom stereocenters. The van der Waals surface area contributed by atoms with Crippen molar-refractivity contribution in [3.05, 3.63) is 29.2 Å². The van der Waals surface area contributed by atoms with Crippen LogP contribution in [-0.4, -0.2) is 5.78 Å². The Labute approximate surface area is 80.7 Å². The minimum absolute atomic E-state index is 0.00356. The average molecular weight is 186 g/mol. The lowest BCUT2D eigenvalue weighted by Gasteiger charge is -1.88. The Bertz CT molecular complexity index is 469. The second-order valence-corrected chi connectivity index (χ2v) is 2.54. The first-order valence-corrected chi connectivity index (χ1v) is 3.80. The summed E-state index contributed by atoms with van der Waals surface area (Å²) in [4.78, 5) is 10.9. The van der Waals surface area contributed by atoms with E-state index in [4.69, 9.17) is 14.9 Å². The zero-order chi connectivity index (χ0) is 10.6. The van der Waals surface area contributed by atoms with Crippen molar-refractivity contribution in [2.75, 3.05) is 0 Å².